The topological polar surface area (TPSA) is 95.1 Å². The molecule has 6 rings (SSSR count). The molecule has 1 fully saturated rings. The number of nitrogens with zero attached hydrogens (tertiary/aromatic N) is 2. The van der Waals surface area contributed by atoms with Gasteiger partial charge in [-0.2, -0.15) is 4.48 Å². The van der Waals surface area contributed by atoms with Gasteiger partial charge in [-0.05, 0) is 23.6 Å². The summed E-state index contributed by atoms with van der Waals surface area (Å²) < 4.78 is -0.442. The standard InChI is InChI=1S/C30H28N4O3/c1-20-9-8-18-34(20,29(36)33-19-21-10-2-3-11-22(21)27-31-16-17-32-27)28(35)30(37)25-14-6-4-12-23(25)24-13-5-7-15-26(24)30/h2-7,10-17,20,37H,8-9,18-19H2,1H3,(H-,31,32,33,36)/p+1/t20-,34?/m1/s1. The van der Waals surface area contributed by atoms with Crippen molar-refractivity contribution in [3.05, 3.63) is 102 Å². The highest BCUT2D eigenvalue weighted by Gasteiger charge is 2.63. The van der Waals surface area contributed by atoms with Crippen LogP contribution in [0.5, 0.6) is 0 Å². The molecule has 1 aliphatic heterocycles. The Balaban J connectivity index is 1.38. The maximum absolute atomic E-state index is 14.6. The molecule has 0 saturated carbocycles. The highest BCUT2D eigenvalue weighted by Crippen LogP contribution is 2.50. The number of carbonyl (C=O) groups is 2. The lowest BCUT2D eigenvalue weighted by molar-refractivity contribution is -0.788. The Hall–Kier alpha value is -4.07. The quantitative estimate of drug-likeness (QED) is 0.358. The summed E-state index contributed by atoms with van der Waals surface area (Å²) in [4.78, 5) is 36.1. The molecule has 1 aromatic heterocycles. The molecule has 1 unspecified atom stereocenters. The fourth-order valence-corrected chi connectivity index (χ4v) is 6.13. The van der Waals surface area contributed by atoms with Crippen LogP contribution >= 0.6 is 0 Å². The summed E-state index contributed by atoms with van der Waals surface area (Å²) in [5, 5.41) is 15.3. The van der Waals surface area contributed by atoms with Gasteiger partial charge in [-0.25, -0.2) is 14.6 Å². The van der Waals surface area contributed by atoms with Crippen molar-refractivity contribution in [3.8, 4) is 22.5 Å². The number of imidazole rings is 1. The third-order valence-corrected chi connectivity index (χ3v) is 8.04. The molecule has 2 aliphatic rings. The number of hydrogen-bond acceptors (Lipinski definition) is 4. The molecule has 7 heteroatoms. The van der Waals surface area contributed by atoms with Crippen LogP contribution in [0.2, 0.25) is 0 Å². The van der Waals surface area contributed by atoms with Crippen LogP contribution in [0, 0.1) is 0 Å². The number of amides is 3. The molecule has 0 spiro atoms. The van der Waals surface area contributed by atoms with Crippen LogP contribution < -0.4 is 5.32 Å². The summed E-state index contributed by atoms with van der Waals surface area (Å²) in [5.74, 6) is 0.222. The van der Waals surface area contributed by atoms with Crippen molar-refractivity contribution in [2.75, 3.05) is 6.54 Å². The molecule has 1 saturated heterocycles. The highest BCUT2D eigenvalue weighted by molar-refractivity contribution is 5.99. The number of carbonyl (C=O) groups excluding carboxylic acids is 2. The van der Waals surface area contributed by atoms with E-state index in [2.05, 4.69) is 15.3 Å². The molecule has 2 atom stereocenters. The van der Waals surface area contributed by atoms with Crippen molar-refractivity contribution < 1.29 is 19.2 Å². The summed E-state index contributed by atoms with van der Waals surface area (Å²) in [6.45, 7) is 2.51. The number of hydrogen-bond donors (Lipinski definition) is 3. The van der Waals surface area contributed by atoms with E-state index in [0.717, 1.165) is 35.1 Å². The SMILES string of the molecule is C[C@@H]1CCC[N+]1(C(=O)NCc1ccccc1-c1ncc[nH]1)C(=O)C1(O)c2ccccc2-c2ccccc21. The van der Waals surface area contributed by atoms with Crippen LogP contribution in [-0.2, 0) is 16.9 Å². The second kappa shape index (κ2) is 8.80. The highest BCUT2D eigenvalue weighted by atomic mass is 16.3. The largest absolute Gasteiger partial charge is 0.424 e. The van der Waals surface area contributed by atoms with Crippen molar-refractivity contribution in [1.82, 2.24) is 15.3 Å². The Bertz CT molecular complexity index is 1450. The van der Waals surface area contributed by atoms with Gasteiger partial charge in [-0.1, -0.05) is 72.8 Å². The third-order valence-electron chi connectivity index (χ3n) is 8.04. The minimum absolute atomic E-state index is 0.237. The van der Waals surface area contributed by atoms with E-state index in [1.807, 2.05) is 67.6 Å². The Labute approximate surface area is 215 Å². The first-order valence-electron chi connectivity index (χ1n) is 12.7. The number of aromatic amines is 1. The minimum Gasteiger partial charge on any atom is -0.369 e. The van der Waals surface area contributed by atoms with E-state index < -0.39 is 16.0 Å². The van der Waals surface area contributed by atoms with Gasteiger partial charge in [0.25, 0.3) is 0 Å². The summed E-state index contributed by atoms with van der Waals surface area (Å²) in [6, 6.07) is 21.9. The monoisotopic (exact) mass is 493 g/mol. The number of quaternary nitrogens is 1. The van der Waals surface area contributed by atoms with Crippen LogP contribution in [0.4, 0.5) is 4.79 Å². The van der Waals surface area contributed by atoms with Crippen LogP contribution in [0.3, 0.4) is 0 Å². The first-order chi connectivity index (χ1) is 18.0. The Morgan fingerprint density at radius 3 is 2.22 bits per heavy atom. The van der Waals surface area contributed by atoms with Crippen molar-refractivity contribution in [2.24, 2.45) is 0 Å². The maximum Gasteiger partial charge on any atom is 0.424 e. The maximum atomic E-state index is 14.6. The van der Waals surface area contributed by atoms with E-state index in [4.69, 9.17) is 0 Å². The van der Waals surface area contributed by atoms with Gasteiger partial charge in [0.2, 0.25) is 5.60 Å². The predicted octanol–water partition coefficient (Wildman–Crippen LogP) is 4.73. The number of nitrogens with one attached hydrogen (secondary N) is 2. The van der Waals surface area contributed by atoms with E-state index >= 15 is 0 Å². The number of H-pyrrole nitrogens is 1. The lowest BCUT2D eigenvalue weighted by Gasteiger charge is -2.38. The molecule has 186 valence electrons. The van der Waals surface area contributed by atoms with E-state index in [-0.39, 0.29) is 18.6 Å². The average Bonchev–Trinajstić information content (AvgIpc) is 3.66. The van der Waals surface area contributed by atoms with Gasteiger partial charge in [0.05, 0.1) is 6.54 Å². The molecule has 0 bridgehead atoms. The second-order valence-electron chi connectivity index (χ2n) is 9.94. The molecule has 7 nitrogen and oxygen atoms in total. The smallest absolute Gasteiger partial charge is 0.369 e. The first-order valence-corrected chi connectivity index (χ1v) is 12.7. The lowest BCUT2D eigenvalue weighted by atomic mass is 9.88. The summed E-state index contributed by atoms with van der Waals surface area (Å²) >= 11 is 0. The number of aliphatic hydroxyl groups is 1. The fourth-order valence-electron chi connectivity index (χ4n) is 6.13. The van der Waals surface area contributed by atoms with Crippen LogP contribution in [-0.4, -0.2) is 44.1 Å². The zero-order valence-corrected chi connectivity index (χ0v) is 20.6. The van der Waals surface area contributed by atoms with E-state index in [0.29, 0.717) is 23.5 Å². The Kier molecular flexibility index (Phi) is 5.55. The lowest BCUT2D eigenvalue weighted by Crippen LogP contribution is -2.67. The van der Waals surface area contributed by atoms with Gasteiger partial charge < -0.3 is 15.4 Å². The summed E-state index contributed by atoms with van der Waals surface area (Å²) in [5.41, 5.74) is 2.59. The van der Waals surface area contributed by atoms with Gasteiger partial charge in [0, 0.05) is 48.5 Å². The molecule has 3 amide bonds. The molecule has 4 aromatic rings. The number of urea groups is 1. The second-order valence-corrected chi connectivity index (χ2v) is 9.94. The number of imide groups is 1. The Morgan fingerprint density at radius 2 is 1.62 bits per heavy atom. The fraction of sp³-hybridized carbons (Fsp3) is 0.233. The van der Waals surface area contributed by atoms with Gasteiger partial charge in [0.15, 0.2) is 0 Å². The number of aromatic nitrogens is 2. The summed E-state index contributed by atoms with van der Waals surface area (Å²) in [6.07, 6.45) is 4.89. The average molecular weight is 494 g/mol. The zero-order valence-electron chi connectivity index (χ0n) is 20.6. The van der Waals surface area contributed by atoms with Crippen molar-refractivity contribution in [3.63, 3.8) is 0 Å². The Morgan fingerprint density at radius 1 is 1.00 bits per heavy atom. The number of rotatable bonds is 4. The van der Waals surface area contributed by atoms with E-state index in [9.17, 15) is 14.7 Å². The molecular formula is C30H29N4O3+. The van der Waals surface area contributed by atoms with Crippen molar-refractivity contribution in [1.29, 1.82) is 0 Å². The van der Waals surface area contributed by atoms with Crippen molar-refractivity contribution in [2.45, 2.75) is 38.0 Å². The van der Waals surface area contributed by atoms with Gasteiger partial charge >= 0.3 is 11.9 Å². The normalized spacial score (nSPS) is 21.3. The van der Waals surface area contributed by atoms with Gasteiger partial charge in [-0.3, -0.25) is 0 Å². The van der Waals surface area contributed by atoms with E-state index in [1.54, 1.807) is 24.5 Å². The molecule has 37 heavy (non-hydrogen) atoms. The molecule has 0 radical (unpaired) electrons. The van der Waals surface area contributed by atoms with E-state index in [1.165, 1.54) is 0 Å². The predicted molar refractivity (Wildman–Crippen MR) is 140 cm³/mol. The minimum atomic E-state index is -1.91. The number of benzene rings is 3. The molecule has 3 aromatic carbocycles. The van der Waals surface area contributed by atoms with Crippen molar-refractivity contribution >= 4 is 11.9 Å². The number of likely N-dealkylation sites (tertiary alicyclic amines) is 1. The molecule has 3 N–H and O–H groups in total. The van der Waals surface area contributed by atoms with Crippen LogP contribution in [0.1, 0.15) is 36.5 Å². The van der Waals surface area contributed by atoms with Crippen LogP contribution in [0.15, 0.2) is 85.2 Å². The summed E-state index contributed by atoms with van der Waals surface area (Å²) in [7, 11) is 0. The number of fused-ring (bicyclic) bond motifs is 3. The molecule has 2 heterocycles. The first kappa shape index (κ1) is 23.3. The van der Waals surface area contributed by atoms with Gasteiger partial charge in [-0.15, -0.1) is 0 Å². The van der Waals surface area contributed by atoms with Gasteiger partial charge in [0.1, 0.15) is 11.9 Å². The third kappa shape index (κ3) is 3.38. The zero-order chi connectivity index (χ0) is 25.6. The molecular weight excluding hydrogens is 464 g/mol. The molecule has 1 aliphatic carbocycles. The van der Waals surface area contributed by atoms with Crippen LogP contribution in [0.25, 0.3) is 22.5 Å².